The van der Waals surface area contributed by atoms with E-state index in [2.05, 4.69) is 0 Å². The van der Waals surface area contributed by atoms with Crippen molar-refractivity contribution < 1.29 is 0 Å². The summed E-state index contributed by atoms with van der Waals surface area (Å²) in [5, 5.41) is 9.99. The molecule has 1 aliphatic heterocycles. The van der Waals surface area contributed by atoms with Crippen LogP contribution in [0.5, 0.6) is 0 Å². The number of amidine groups is 1. The quantitative estimate of drug-likeness (QED) is 0.322. The number of benzodiazepines with no additional fused rings is 1. The molecule has 0 radical (unpaired) electrons. The molecule has 0 saturated heterocycles. The van der Waals surface area contributed by atoms with E-state index in [1.807, 2.05) is 53.6 Å². The molecule has 1 N–H and O–H groups in total. The Labute approximate surface area is 173 Å². The largest absolute Gasteiger partial charge is 0.319 e. The van der Waals surface area contributed by atoms with Gasteiger partial charge in [-0.05, 0) is 30.5 Å². The van der Waals surface area contributed by atoms with Crippen molar-refractivity contribution in [1.29, 1.82) is 5.41 Å². The van der Waals surface area contributed by atoms with E-state index in [1.165, 1.54) is 11.8 Å². The zero-order valence-corrected chi connectivity index (χ0v) is 17.6. The lowest BCUT2D eigenvalue weighted by Gasteiger charge is -2.24. The average Bonchev–Trinajstić information content (AvgIpc) is 2.74. The van der Waals surface area contributed by atoms with Crippen LogP contribution in [0.25, 0.3) is 0 Å². The summed E-state index contributed by atoms with van der Waals surface area (Å²) in [6.07, 6.45) is 1.90. The minimum atomic E-state index is 0. The molecule has 0 unspecified atom stereocenters. The molecular formula is C17H16Cl2IN3S. The summed E-state index contributed by atoms with van der Waals surface area (Å²) in [5.74, 6) is 0. The Morgan fingerprint density at radius 3 is 2.62 bits per heavy atom. The number of hydrogen-bond donors (Lipinski definition) is 1. The molecule has 0 bridgehead atoms. The molecule has 126 valence electrons. The van der Waals surface area contributed by atoms with Crippen LogP contribution in [0, 0.1) is 5.41 Å². The molecule has 3 rings (SSSR count). The van der Waals surface area contributed by atoms with E-state index in [-0.39, 0.29) is 24.0 Å². The maximum absolute atomic E-state index is 8.21. The second kappa shape index (κ2) is 8.56. The van der Waals surface area contributed by atoms with Crippen molar-refractivity contribution >= 4 is 75.5 Å². The van der Waals surface area contributed by atoms with Crippen LogP contribution in [-0.4, -0.2) is 30.2 Å². The number of nitrogens with one attached hydrogen (secondary N) is 1. The topological polar surface area (TPSA) is 39.5 Å². The minimum absolute atomic E-state index is 0. The summed E-state index contributed by atoms with van der Waals surface area (Å²) in [4.78, 5) is 6.69. The van der Waals surface area contributed by atoms with Crippen LogP contribution >= 0.6 is 58.9 Å². The molecule has 2 aromatic carbocycles. The molecular weight excluding hydrogens is 476 g/mol. The predicted molar refractivity (Wildman–Crippen MR) is 117 cm³/mol. The third kappa shape index (κ3) is 3.90. The molecule has 1 heterocycles. The van der Waals surface area contributed by atoms with E-state index in [0.29, 0.717) is 28.3 Å². The molecule has 0 amide bonds. The highest BCUT2D eigenvalue weighted by Gasteiger charge is 2.23. The summed E-state index contributed by atoms with van der Waals surface area (Å²) >= 11 is 14.0. The van der Waals surface area contributed by atoms with Crippen LogP contribution < -0.4 is 4.90 Å². The molecule has 0 spiro atoms. The van der Waals surface area contributed by atoms with Crippen molar-refractivity contribution in [3.63, 3.8) is 0 Å². The molecule has 1 aliphatic rings. The summed E-state index contributed by atoms with van der Waals surface area (Å²) in [6, 6.07) is 13.3. The van der Waals surface area contributed by atoms with Crippen LogP contribution in [0.15, 0.2) is 47.5 Å². The van der Waals surface area contributed by atoms with Gasteiger partial charge in [-0.25, -0.2) is 0 Å². The Morgan fingerprint density at radius 2 is 1.92 bits per heavy atom. The molecule has 24 heavy (non-hydrogen) atoms. The van der Waals surface area contributed by atoms with Gasteiger partial charge in [-0.1, -0.05) is 53.2 Å². The SMILES string of the molecule is CSC(=N)N1CCN=C(c2ccccc2Cl)c2cc(Cl)ccc21.I. The highest BCUT2D eigenvalue weighted by atomic mass is 127. The van der Waals surface area contributed by atoms with Crippen LogP contribution in [0.2, 0.25) is 10.0 Å². The highest BCUT2D eigenvalue weighted by Crippen LogP contribution is 2.32. The van der Waals surface area contributed by atoms with Gasteiger partial charge < -0.3 is 4.90 Å². The lowest BCUT2D eigenvalue weighted by molar-refractivity contribution is 0.956. The normalized spacial score (nSPS) is 13.5. The summed E-state index contributed by atoms with van der Waals surface area (Å²) in [7, 11) is 0. The molecule has 0 atom stereocenters. The van der Waals surface area contributed by atoms with Gasteiger partial charge in [0.15, 0.2) is 5.17 Å². The van der Waals surface area contributed by atoms with Gasteiger partial charge in [0.2, 0.25) is 0 Å². The predicted octanol–water partition coefficient (Wildman–Crippen LogP) is 5.57. The maximum atomic E-state index is 8.21. The first-order chi connectivity index (χ1) is 11.1. The summed E-state index contributed by atoms with van der Waals surface area (Å²) < 4.78 is 0. The van der Waals surface area contributed by atoms with Crippen molar-refractivity contribution in [2.45, 2.75) is 0 Å². The summed E-state index contributed by atoms with van der Waals surface area (Å²) in [6.45, 7) is 1.25. The standard InChI is InChI=1S/C17H15Cl2N3S.HI/c1-23-17(20)22-9-8-21-16(12-4-2-3-5-14(12)19)13-10-11(18)6-7-15(13)22;/h2-7,10,20H,8-9H2,1H3;1H. The lowest BCUT2D eigenvalue weighted by atomic mass is 10.00. The number of fused-ring (bicyclic) bond motifs is 1. The second-order valence-corrected chi connectivity index (χ2v) is 6.67. The number of nitrogens with zero attached hydrogens (tertiary/aromatic N) is 2. The average molecular weight is 492 g/mol. The molecule has 0 fully saturated rings. The Kier molecular flexibility index (Phi) is 6.98. The highest BCUT2D eigenvalue weighted by molar-refractivity contribution is 14.0. The monoisotopic (exact) mass is 491 g/mol. The Bertz CT molecular complexity index is 795. The van der Waals surface area contributed by atoms with Gasteiger partial charge in [-0.15, -0.1) is 24.0 Å². The Hall–Kier alpha value is -0.760. The van der Waals surface area contributed by atoms with E-state index in [0.717, 1.165) is 22.5 Å². The van der Waals surface area contributed by atoms with E-state index < -0.39 is 0 Å². The summed E-state index contributed by atoms with van der Waals surface area (Å²) in [5.41, 5.74) is 3.55. The Balaban J connectivity index is 0.00000208. The molecule has 3 nitrogen and oxygen atoms in total. The van der Waals surface area contributed by atoms with E-state index in [1.54, 1.807) is 0 Å². The third-order valence-corrected chi connectivity index (χ3v) is 4.84. The van der Waals surface area contributed by atoms with Crippen molar-refractivity contribution in [3.05, 3.63) is 63.6 Å². The smallest absolute Gasteiger partial charge is 0.160 e. The van der Waals surface area contributed by atoms with Gasteiger partial charge in [-0.2, -0.15) is 0 Å². The Morgan fingerprint density at radius 1 is 1.17 bits per heavy atom. The molecule has 0 saturated carbocycles. The molecule has 7 heteroatoms. The van der Waals surface area contributed by atoms with E-state index >= 15 is 0 Å². The molecule has 2 aromatic rings. The number of anilines is 1. The van der Waals surface area contributed by atoms with Crippen molar-refractivity contribution in [2.24, 2.45) is 4.99 Å². The van der Waals surface area contributed by atoms with Crippen molar-refractivity contribution in [1.82, 2.24) is 0 Å². The fraction of sp³-hybridized carbons (Fsp3) is 0.176. The fourth-order valence-electron chi connectivity index (χ4n) is 2.61. The van der Waals surface area contributed by atoms with Crippen LogP contribution in [0.1, 0.15) is 11.1 Å². The first-order valence-electron chi connectivity index (χ1n) is 7.11. The number of aliphatic imine (C=N–C) groups is 1. The van der Waals surface area contributed by atoms with Gasteiger partial charge in [0.1, 0.15) is 0 Å². The first-order valence-corrected chi connectivity index (χ1v) is 9.09. The second-order valence-electron chi connectivity index (χ2n) is 5.03. The van der Waals surface area contributed by atoms with Gasteiger partial charge >= 0.3 is 0 Å². The molecule has 0 aliphatic carbocycles. The van der Waals surface area contributed by atoms with Crippen LogP contribution in [0.3, 0.4) is 0 Å². The number of rotatable bonds is 1. The number of hydrogen-bond acceptors (Lipinski definition) is 3. The van der Waals surface area contributed by atoms with E-state index in [4.69, 9.17) is 33.6 Å². The van der Waals surface area contributed by atoms with Gasteiger partial charge in [0, 0.05) is 27.7 Å². The zero-order valence-electron chi connectivity index (χ0n) is 12.9. The third-order valence-electron chi connectivity index (χ3n) is 3.67. The van der Waals surface area contributed by atoms with Crippen LogP contribution in [0.4, 0.5) is 5.69 Å². The van der Waals surface area contributed by atoms with Crippen LogP contribution in [-0.2, 0) is 0 Å². The first kappa shape index (κ1) is 19.6. The van der Waals surface area contributed by atoms with Gasteiger partial charge in [0.05, 0.1) is 17.9 Å². The van der Waals surface area contributed by atoms with Crippen molar-refractivity contribution in [2.75, 3.05) is 24.2 Å². The zero-order chi connectivity index (χ0) is 16.4. The van der Waals surface area contributed by atoms with Gasteiger partial charge in [-0.3, -0.25) is 10.4 Å². The number of benzene rings is 2. The number of thioether (sulfide) groups is 1. The maximum Gasteiger partial charge on any atom is 0.160 e. The van der Waals surface area contributed by atoms with Crippen molar-refractivity contribution in [3.8, 4) is 0 Å². The van der Waals surface area contributed by atoms with E-state index in [9.17, 15) is 0 Å². The number of halogens is 3. The lowest BCUT2D eigenvalue weighted by Crippen LogP contribution is -2.30. The molecule has 0 aromatic heterocycles. The fourth-order valence-corrected chi connectivity index (χ4v) is 3.41. The van der Waals surface area contributed by atoms with Gasteiger partial charge in [0.25, 0.3) is 0 Å². The minimum Gasteiger partial charge on any atom is -0.319 e.